The van der Waals surface area contributed by atoms with Crippen molar-refractivity contribution in [3.05, 3.63) is 41.7 Å². The highest BCUT2D eigenvalue weighted by Crippen LogP contribution is 2.22. The Hall–Kier alpha value is -2.72. The summed E-state index contributed by atoms with van der Waals surface area (Å²) >= 11 is 0. The van der Waals surface area contributed by atoms with Crippen LogP contribution in [-0.4, -0.2) is 37.6 Å². The summed E-state index contributed by atoms with van der Waals surface area (Å²) in [5.41, 5.74) is 0.136. The predicted octanol–water partition coefficient (Wildman–Crippen LogP) is 1.61. The number of benzene rings is 1. The van der Waals surface area contributed by atoms with Gasteiger partial charge in [0.05, 0.1) is 10.5 Å². The second kappa shape index (κ2) is 7.49. The number of aryl methyl sites for hydroxylation is 1. The molecule has 1 aromatic carbocycles. The normalized spacial score (nSPS) is 15.2. The highest BCUT2D eigenvalue weighted by atomic mass is 32.2. The molecule has 1 aliphatic rings. The smallest absolute Gasteiger partial charge is 0.338 e. The van der Waals surface area contributed by atoms with Gasteiger partial charge in [0.25, 0.3) is 5.91 Å². The lowest BCUT2D eigenvalue weighted by atomic mass is 10.2. The zero-order valence-corrected chi connectivity index (χ0v) is 15.6. The van der Waals surface area contributed by atoms with Crippen LogP contribution in [0.25, 0.3) is 0 Å². The Bertz CT molecular complexity index is 947. The van der Waals surface area contributed by atoms with Crippen LogP contribution in [0.3, 0.4) is 0 Å². The van der Waals surface area contributed by atoms with Gasteiger partial charge in [-0.25, -0.2) is 17.9 Å². The fraction of sp³-hybridized carbons (Fsp3) is 0.353. The fourth-order valence-corrected chi connectivity index (χ4v) is 3.50. The topological polar surface area (TPSA) is 128 Å². The number of hydrogen-bond acceptors (Lipinski definition) is 7. The molecule has 1 aromatic heterocycles. The fourth-order valence-electron chi connectivity index (χ4n) is 2.19. The van der Waals surface area contributed by atoms with Gasteiger partial charge in [0.15, 0.2) is 11.9 Å². The van der Waals surface area contributed by atoms with Crippen LogP contribution in [0.4, 0.5) is 5.82 Å². The lowest BCUT2D eigenvalue weighted by molar-refractivity contribution is -0.123. The van der Waals surface area contributed by atoms with E-state index in [1.165, 1.54) is 37.3 Å². The van der Waals surface area contributed by atoms with Crippen molar-refractivity contribution in [2.24, 2.45) is 0 Å². The van der Waals surface area contributed by atoms with Crippen LogP contribution in [0.5, 0.6) is 0 Å². The van der Waals surface area contributed by atoms with Crippen molar-refractivity contribution < 1.29 is 27.3 Å². The SMILES string of the molecule is Cc1cc(NC(=O)[C@H](C)OC(=O)c2ccc(S(=O)(=O)NC3CC3)cc2)no1. The van der Waals surface area contributed by atoms with E-state index < -0.39 is 28.0 Å². The highest BCUT2D eigenvalue weighted by molar-refractivity contribution is 7.89. The molecule has 2 aromatic rings. The molecule has 0 spiro atoms. The van der Waals surface area contributed by atoms with Gasteiger partial charge in [-0.3, -0.25) is 4.79 Å². The number of nitrogens with zero attached hydrogens (tertiary/aromatic N) is 1. The van der Waals surface area contributed by atoms with Gasteiger partial charge in [0, 0.05) is 12.1 Å². The molecule has 0 saturated heterocycles. The first-order chi connectivity index (χ1) is 12.7. The molecule has 0 bridgehead atoms. The number of esters is 1. The summed E-state index contributed by atoms with van der Waals surface area (Å²) in [7, 11) is -3.59. The quantitative estimate of drug-likeness (QED) is 0.684. The number of rotatable bonds is 7. The first kappa shape index (κ1) is 19.1. The van der Waals surface area contributed by atoms with Crippen molar-refractivity contribution in [2.75, 3.05) is 5.32 Å². The number of hydrogen-bond donors (Lipinski definition) is 2. The molecule has 2 N–H and O–H groups in total. The first-order valence-electron chi connectivity index (χ1n) is 8.32. The second-order valence-electron chi connectivity index (χ2n) is 6.28. The van der Waals surface area contributed by atoms with Crippen molar-refractivity contribution in [3.63, 3.8) is 0 Å². The summed E-state index contributed by atoms with van der Waals surface area (Å²) in [6.45, 7) is 3.09. The molecule has 1 fully saturated rings. The zero-order valence-electron chi connectivity index (χ0n) is 14.8. The lowest BCUT2D eigenvalue weighted by Gasteiger charge is -2.12. The Morgan fingerprint density at radius 2 is 1.93 bits per heavy atom. The van der Waals surface area contributed by atoms with E-state index in [0.29, 0.717) is 5.76 Å². The van der Waals surface area contributed by atoms with Gasteiger partial charge in [-0.15, -0.1) is 0 Å². The first-order valence-corrected chi connectivity index (χ1v) is 9.80. The Kier molecular flexibility index (Phi) is 5.29. The van der Waals surface area contributed by atoms with Crippen molar-refractivity contribution >= 4 is 27.7 Å². The predicted molar refractivity (Wildman–Crippen MR) is 94.5 cm³/mol. The average molecular weight is 393 g/mol. The van der Waals surface area contributed by atoms with Gasteiger partial charge >= 0.3 is 5.97 Å². The molecule has 3 rings (SSSR count). The average Bonchev–Trinajstić information content (AvgIpc) is 3.33. The summed E-state index contributed by atoms with van der Waals surface area (Å²) < 4.78 is 36.7. The van der Waals surface area contributed by atoms with Gasteiger partial charge in [0.2, 0.25) is 10.0 Å². The molecule has 1 heterocycles. The number of nitrogens with one attached hydrogen (secondary N) is 2. The summed E-state index contributed by atoms with van der Waals surface area (Å²) in [5, 5.41) is 6.09. The Balaban J connectivity index is 1.59. The van der Waals surface area contributed by atoms with Crippen LogP contribution in [0, 0.1) is 6.92 Å². The summed E-state index contributed by atoms with van der Waals surface area (Å²) in [6, 6.07) is 6.85. The number of sulfonamides is 1. The molecule has 1 saturated carbocycles. The summed E-state index contributed by atoms with van der Waals surface area (Å²) in [4.78, 5) is 24.3. The number of amides is 1. The van der Waals surface area contributed by atoms with Gasteiger partial charge < -0.3 is 14.6 Å². The monoisotopic (exact) mass is 393 g/mol. The minimum Gasteiger partial charge on any atom is -0.449 e. The minimum atomic E-state index is -3.59. The largest absolute Gasteiger partial charge is 0.449 e. The van der Waals surface area contributed by atoms with Gasteiger partial charge in [-0.1, -0.05) is 5.16 Å². The molecular formula is C17H19N3O6S. The molecule has 1 aliphatic carbocycles. The van der Waals surface area contributed by atoms with Crippen LogP contribution in [0.2, 0.25) is 0 Å². The Morgan fingerprint density at radius 3 is 2.48 bits per heavy atom. The maximum Gasteiger partial charge on any atom is 0.338 e. The number of ether oxygens (including phenoxy) is 1. The molecule has 1 atom stereocenters. The van der Waals surface area contributed by atoms with E-state index in [0.717, 1.165) is 12.8 Å². The van der Waals surface area contributed by atoms with Gasteiger partial charge in [-0.2, -0.15) is 0 Å². The maximum atomic E-state index is 12.2. The molecule has 0 unspecified atom stereocenters. The van der Waals surface area contributed by atoms with Crippen LogP contribution in [0.1, 0.15) is 35.9 Å². The van der Waals surface area contributed by atoms with Crippen LogP contribution in [-0.2, 0) is 19.6 Å². The van der Waals surface area contributed by atoms with Crippen LogP contribution < -0.4 is 10.0 Å². The van der Waals surface area contributed by atoms with Gasteiger partial charge in [-0.05, 0) is 51.0 Å². The molecule has 27 heavy (non-hydrogen) atoms. The summed E-state index contributed by atoms with van der Waals surface area (Å²) in [5.74, 6) is -0.558. The number of carbonyl (C=O) groups is 2. The van der Waals surface area contributed by atoms with E-state index >= 15 is 0 Å². The van der Waals surface area contributed by atoms with E-state index in [2.05, 4.69) is 15.2 Å². The molecule has 0 aliphatic heterocycles. The van der Waals surface area contributed by atoms with Crippen molar-refractivity contribution in [1.29, 1.82) is 0 Å². The van der Waals surface area contributed by atoms with Gasteiger partial charge in [0.1, 0.15) is 5.76 Å². The third-order valence-electron chi connectivity index (χ3n) is 3.83. The van der Waals surface area contributed by atoms with E-state index in [9.17, 15) is 18.0 Å². The number of carbonyl (C=O) groups excluding carboxylic acids is 2. The van der Waals surface area contributed by atoms with E-state index in [1.54, 1.807) is 6.92 Å². The van der Waals surface area contributed by atoms with E-state index in [-0.39, 0.29) is 22.3 Å². The molecule has 0 radical (unpaired) electrons. The van der Waals surface area contributed by atoms with E-state index in [4.69, 9.17) is 9.26 Å². The van der Waals surface area contributed by atoms with Crippen LogP contribution in [0.15, 0.2) is 39.8 Å². The maximum absolute atomic E-state index is 12.2. The highest BCUT2D eigenvalue weighted by Gasteiger charge is 2.28. The third kappa shape index (κ3) is 4.92. The number of aromatic nitrogens is 1. The molecule has 10 heteroatoms. The number of anilines is 1. The van der Waals surface area contributed by atoms with Crippen molar-refractivity contribution in [1.82, 2.24) is 9.88 Å². The van der Waals surface area contributed by atoms with Crippen molar-refractivity contribution in [3.8, 4) is 0 Å². The summed E-state index contributed by atoms with van der Waals surface area (Å²) in [6.07, 6.45) is 0.587. The second-order valence-corrected chi connectivity index (χ2v) is 7.99. The van der Waals surface area contributed by atoms with Crippen LogP contribution >= 0.6 is 0 Å². The van der Waals surface area contributed by atoms with Crippen molar-refractivity contribution in [2.45, 2.75) is 43.7 Å². The van der Waals surface area contributed by atoms with E-state index in [1.807, 2.05) is 0 Å². The molecule has 1 amide bonds. The molecular weight excluding hydrogens is 374 g/mol. The third-order valence-corrected chi connectivity index (χ3v) is 5.37. The Labute approximate surface area is 156 Å². The lowest BCUT2D eigenvalue weighted by Crippen LogP contribution is -2.30. The standard InChI is InChI=1S/C17H19N3O6S/c1-10-9-15(19-26-10)18-16(21)11(2)25-17(22)12-3-7-14(8-4-12)27(23,24)20-13-5-6-13/h3-4,7-9,11,13,20H,5-6H2,1-2H3,(H,18,19,21)/t11-/m0/s1. The molecule has 144 valence electrons. The zero-order chi connectivity index (χ0) is 19.6. The Morgan fingerprint density at radius 1 is 1.26 bits per heavy atom. The minimum absolute atomic E-state index is 0.00694. The molecule has 9 nitrogen and oxygen atoms in total.